The molecule has 1 rings (SSSR count). The zero-order chi connectivity index (χ0) is 17.3. The summed E-state index contributed by atoms with van der Waals surface area (Å²) in [5, 5.41) is 22.4. The lowest BCUT2D eigenvalue weighted by Gasteiger charge is -2.05. The van der Waals surface area contributed by atoms with Gasteiger partial charge in [0.2, 0.25) is 0 Å². The van der Waals surface area contributed by atoms with Crippen LogP contribution in [0.4, 0.5) is 5.69 Å². The van der Waals surface area contributed by atoms with Crippen molar-refractivity contribution in [3.05, 3.63) is 49.4 Å². The molecule has 9 nitrogen and oxygen atoms in total. The van der Waals surface area contributed by atoms with Gasteiger partial charge in [0.25, 0.3) is 11.6 Å². The Kier molecular flexibility index (Phi) is 8.54. The molecule has 22 heavy (non-hydrogen) atoms. The third-order valence-electron chi connectivity index (χ3n) is 2.21. The molecule has 1 N–H and O–H groups in total. The summed E-state index contributed by atoms with van der Waals surface area (Å²) in [5.41, 5.74) is 6.28. The summed E-state index contributed by atoms with van der Waals surface area (Å²) >= 11 is 10.1. The van der Waals surface area contributed by atoms with Crippen molar-refractivity contribution in [3.63, 3.8) is 0 Å². The van der Waals surface area contributed by atoms with Crippen LogP contribution in [-0.2, 0) is 0 Å². The van der Waals surface area contributed by atoms with Gasteiger partial charge in [-0.25, -0.2) is 4.79 Å². The molecule has 0 aliphatic heterocycles. The van der Waals surface area contributed by atoms with Gasteiger partial charge in [-0.05, 0) is 23.6 Å². The third kappa shape index (κ3) is 5.21. The van der Waals surface area contributed by atoms with E-state index in [9.17, 15) is 19.7 Å². The Labute approximate surface area is 134 Å². The number of aryl methyl sites for hydroxylation is 1. The van der Waals surface area contributed by atoms with Crippen molar-refractivity contribution >= 4 is 40.8 Å². The van der Waals surface area contributed by atoms with E-state index in [4.69, 9.17) is 33.8 Å². The highest BCUT2D eigenvalue weighted by Gasteiger charge is 2.28. The van der Waals surface area contributed by atoms with E-state index in [1.54, 1.807) is 0 Å². The number of hydrogen-bond acceptors (Lipinski definition) is 4. The fraction of sp³-hybridized carbons (Fsp3) is 0.273. The van der Waals surface area contributed by atoms with Crippen molar-refractivity contribution in [1.82, 2.24) is 0 Å². The third-order valence-corrected chi connectivity index (χ3v) is 2.78. The normalized spacial score (nSPS) is 9.05. The molecule has 0 radical (unpaired) electrons. The fourth-order valence-electron chi connectivity index (χ4n) is 1.42. The Morgan fingerprint density at radius 3 is 2.32 bits per heavy atom. The molecule has 0 aliphatic rings. The zero-order valence-corrected chi connectivity index (χ0v) is 12.7. The van der Waals surface area contributed by atoms with Crippen LogP contribution in [0.5, 0.6) is 0 Å². The predicted molar refractivity (Wildman–Crippen MR) is 79.7 cm³/mol. The average molecular weight is 349 g/mol. The van der Waals surface area contributed by atoms with Crippen molar-refractivity contribution in [2.24, 2.45) is 5.11 Å². The van der Waals surface area contributed by atoms with Gasteiger partial charge < -0.3 is 5.11 Å². The summed E-state index contributed by atoms with van der Waals surface area (Å²) in [6, 6.07) is 2.25. The number of nitrogens with zero attached hydrogens (tertiary/aromatic N) is 4. The first-order chi connectivity index (χ1) is 10.3. The van der Waals surface area contributed by atoms with Crippen LogP contribution < -0.4 is 0 Å². The molecule has 118 valence electrons. The van der Waals surface area contributed by atoms with E-state index in [1.807, 2.05) is 0 Å². The second-order valence-electron chi connectivity index (χ2n) is 3.59. The number of aromatic carboxylic acids is 1. The van der Waals surface area contributed by atoms with Gasteiger partial charge in [0.15, 0.2) is 0 Å². The number of halogens is 2. The first-order valence-electron chi connectivity index (χ1n) is 5.54. The molecule has 0 atom stereocenters. The smallest absolute Gasteiger partial charge is 0.336 e. The lowest BCUT2D eigenvalue weighted by Crippen LogP contribution is -2.11. The number of hydrogen-bond donors (Lipinski definition) is 1. The summed E-state index contributed by atoms with van der Waals surface area (Å²) in [7, 11) is 0. The minimum absolute atomic E-state index is 0.0986. The highest BCUT2D eigenvalue weighted by Crippen LogP contribution is 2.27. The second-order valence-corrected chi connectivity index (χ2v) is 4.34. The molecule has 1 aromatic rings. The topological polar surface area (TPSA) is 146 Å². The van der Waals surface area contributed by atoms with Crippen molar-refractivity contribution in [3.8, 4) is 0 Å². The van der Waals surface area contributed by atoms with Crippen molar-refractivity contribution < 1.29 is 19.6 Å². The van der Waals surface area contributed by atoms with Crippen LogP contribution in [0.3, 0.4) is 0 Å². The van der Waals surface area contributed by atoms with E-state index in [0.717, 1.165) is 6.07 Å². The van der Waals surface area contributed by atoms with Crippen LogP contribution in [0.25, 0.3) is 10.4 Å². The average Bonchev–Trinajstić information content (AvgIpc) is 2.46. The summed E-state index contributed by atoms with van der Waals surface area (Å²) in [6.07, 6.45) is 0. The molecular weight excluding hydrogens is 339 g/mol. The van der Waals surface area contributed by atoms with Gasteiger partial charge in [0.05, 0.1) is 10.5 Å². The van der Waals surface area contributed by atoms with Crippen LogP contribution in [-0.4, -0.2) is 33.7 Å². The maximum absolute atomic E-state index is 11.5. The molecule has 0 saturated heterocycles. The summed E-state index contributed by atoms with van der Waals surface area (Å²) < 4.78 is 0. The first kappa shape index (κ1) is 19.7. The van der Waals surface area contributed by atoms with Crippen molar-refractivity contribution in [2.75, 3.05) is 11.8 Å². The number of carbonyl (C=O) groups is 2. The molecule has 0 heterocycles. The maximum Gasteiger partial charge on any atom is 0.336 e. The van der Waals surface area contributed by atoms with Gasteiger partial charge >= 0.3 is 5.97 Å². The first-order valence-corrected chi connectivity index (χ1v) is 6.61. The van der Waals surface area contributed by atoms with Crippen LogP contribution in [0.2, 0.25) is 0 Å². The number of nitro groups is 1. The minimum Gasteiger partial charge on any atom is -0.478 e. The molecule has 0 aromatic heterocycles. The lowest BCUT2D eigenvalue weighted by molar-refractivity contribution is -0.385. The maximum atomic E-state index is 11.5. The number of amides is 1. The number of carboxylic acids is 1. The minimum atomic E-state index is -1.52. The number of azide groups is 1. The predicted octanol–water partition coefficient (Wildman–Crippen LogP) is 3.52. The quantitative estimate of drug-likeness (QED) is 0.221. The molecule has 0 saturated carbocycles. The van der Waals surface area contributed by atoms with Gasteiger partial charge in [-0.15, -0.1) is 23.2 Å². The summed E-state index contributed by atoms with van der Waals surface area (Å²) in [4.78, 5) is 34.5. The van der Waals surface area contributed by atoms with Crippen molar-refractivity contribution in [1.29, 1.82) is 0 Å². The summed E-state index contributed by atoms with van der Waals surface area (Å²) in [6.45, 7) is 1.34. The van der Waals surface area contributed by atoms with E-state index in [-0.39, 0.29) is 5.56 Å². The number of alkyl halides is 2. The second kappa shape index (κ2) is 9.56. The van der Waals surface area contributed by atoms with Crippen LogP contribution >= 0.6 is 23.2 Å². The molecular formula is C11H10Cl2N4O5. The Bertz CT molecular complexity index is 642. The van der Waals surface area contributed by atoms with Crippen LogP contribution in [0.1, 0.15) is 26.3 Å². The molecule has 1 aromatic carbocycles. The zero-order valence-electron chi connectivity index (χ0n) is 11.2. The molecule has 0 fully saturated rings. The summed E-state index contributed by atoms with van der Waals surface area (Å²) in [5.74, 6) is -1.71. The number of nitro benzene ring substituents is 1. The lowest BCUT2D eigenvalue weighted by atomic mass is 10.0. The van der Waals surface area contributed by atoms with E-state index in [1.165, 1.54) is 13.0 Å². The Hall–Kier alpha value is -2.35. The highest BCUT2D eigenvalue weighted by atomic mass is 35.5. The van der Waals surface area contributed by atoms with Crippen LogP contribution in [0.15, 0.2) is 17.2 Å². The van der Waals surface area contributed by atoms with Gasteiger partial charge in [-0.3, -0.25) is 14.9 Å². The molecule has 0 spiro atoms. The van der Waals surface area contributed by atoms with Crippen LogP contribution in [0, 0.1) is 17.0 Å². The highest BCUT2D eigenvalue weighted by molar-refractivity contribution is 6.25. The van der Waals surface area contributed by atoms with Crippen molar-refractivity contribution in [2.45, 2.75) is 6.92 Å². The number of rotatable bonds is 4. The largest absolute Gasteiger partial charge is 0.478 e. The Morgan fingerprint density at radius 1 is 1.41 bits per heavy atom. The van der Waals surface area contributed by atoms with Gasteiger partial charge in [0.1, 0.15) is 5.56 Å². The Balaban J connectivity index is 0.000000980. The standard InChI is InChI=1S/C9H6N4O5.C2H4Cl2/c1-4-2-3-5(9(15)16)6(7(4)13(17)18)8(14)11-12-10;3-1-2-4/h2-3H,1H3,(H,15,16);1-2H2. The number of carboxylic acid groups (broad SMARTS) is 1. The molecule has 0 unspecified atom stereocenters. The molecule has 1 amide bonds. The molecule has 0 aliphatic carbocycles. The fourth-order valence-corrected chi connectivity index (χ4v) is 1.42. The Morgan fingerprint density at radius 2 is 1.95 bits per heavy atom. The number of benzene rings is 1. The van der Waals surface area contributed by atoms with E-state index < -0.39 is 33.6 Å². The van der Waals surface area contributed by atoms with Gasteiger partial charge in [0, 0.05) is 22.2 Å². The van der Waals surface area contributed by atoms with E-state index in [2.05, 4.69) is 10.0 Å². The SMILES string of the molecule is Cc1ccc(C(=O)O)c(C(=O)N=[N+]=[N-])c1[N+](=O)[O-].ClCCCl. The number of carbonyl (C=O) groups excluding carboxylic acids is 1. The molecule has 0 bridgehead atoms. The van der Waals surface area contributed by atoms with Gasteiger partial charge in [-0.2, -0.15) is 0 Å². The van der Waals surface area contributed by atoms with E-state index >= 15 is 0 Å². The van der Waals surface area contributed by atoms with Gasteiger partial charge in [-0.1, -0.05) is 6.07 Å². The van der Waals surface area contributed by atoms with E-state index in [0.29, 0.717) is 11.8 Å². The monoisotopic (exact) mass is 348 g/mol. The molecule has 11 heteroatoms.